The van der Waals surface area contributed by atoms with Crippen LogP contribution >= 0.6 is 12.4 Å². The lowest BCUT2D eigenvalue weighted by molar-refractivity contribution is 0.257. The zero-order valence-electron chi connectivity index (χ0n) is 7.60. The molecule has 0 saturated heterocycles. The molecule has 1 heterocycles. The second kappa shape index (κ2) is 4.28. The summed E-state index contributed by atoms with van der Waals surface area (Å²) in [7, 11) is 0. The summed E-state index contributed by atoms with van der Waals surface area (Å²) in [6.45, 7) is 0.290. The second-order valence-corrected chi connectivity index (χ2v) is 3.14. The smallest absolute Gasteiger partial charge is 0.195 e. The molecule has 0 aliphatic carbocycles. The molecule has 2 nitrogen and oxygen atoms in total. The van der Waals surface area contributed by atoms with Crippen molar-refractivity contribution in [3.8, 4) is 5.75 Å². The van der Waals surface area contributed by atoms with Gasteiger partial charge < -0.3 is 10.5 Å². The molecule has 0 spiro atoms. The van der Waals surface area contributed by atoms with E-state index in [0.29, 0.717) is 13.0 Å². The Morgan fingerprint density at radius 2 is 1.93 bits per heavy atom. The SMILES string of the molecule is Cl.N[C@H]1CCOc2cc(F)c(F)c(F)c21. The highest BCUT2D eigenvalue weighted by Crippen LogP contribution is 2.34. The number of nitrogens with two attached hydrogens (primary N) is 1. The lowest BCUT2D eigenvalue weighted by atomic mass is 10.0. The summed E-state index contributed by atoms with van der Waals surface area (Å²) in [5.74, 6) is -3.99. The summed E-state index contributed by atoms with van der Waals surface area (Å²) in [6, 6.07) is 0.195. The summed E-state index contributed by atoms with van der Waals surface area (Å²) in [5.41, 5.74) is 5.48. The van der Waals surface area contributed by atoms with Gasteiger partial charge in [-0.1, -0.05) is 0 Å². The van der Waals surface area contributed by atoms with E-state index in [0.717, 1.165) is 6.07 Å². The first-order valence-corrected chi connectivity index (χ1v) is 4.17. The van der Waals surface area contributed by atoms with Gasteiger partial charge in [0, 0.05) is 24.1 Å². The summed E-state index contributed by atoms with van der Waals surface area (Å²) < 4.78 is 43.8. The van der Waals surface area contributed by atoms with Gasteiger partial charge >= 0.3 is 0 Å². The van der Waals surface area contributed by atoms with Crippen LogP contribution in [0.25, 0.3) is 0 Å². The van der Waals surface area contributed by atoms with Gasteiger partial charge in [0.05, 0.1) is 6.61 Å². The highest BCUT2D eigenvalue weighted by atomic mass is 35.5. The monoisotopic (exact) mass is 239 g/mol. The largest absolute Gasteiger partial charge is 0.493 e. The van der Waals surface area contributed by atoms with Crippen LogP contribution in [0.2, 0.25) is 0 Å². The van der Waals surface area contributed by atoms with Crippen molar-refractivity contribution in [1.29, 1.82) is 0 Å². The maximum Gasteiger partial charge on any atom is 0.195 e. The Kier molecular flexibility index (Phi) is 3.46. The second-order valence-electron chi connectivity index (χ2n) is 3.14. The van der Waals surface area contributed by atoms with E-state index < -0.39 is 23.5 Å². The van der Waals surface area contributed by atoms with Crippen LogP contribution in [-0.4, -0.2) is 6.61 Å². The fourth-order valence-corrected chi connectivity index (χ4v) is 1.49. The minimum atomic E-state index is -1.50. The van der Waals surface area contributed by atoms with Gasteiger partial charge in [-0.15, -0.1) is 12.4 Å². The molecule has 0 fully saturated rings. The van der Waals surface area contributed by atoms with Crippen LogP contribution in [0.5, 0.6) is 5.75 Å². The van der Waals surface area contributed by atoms with Crippen molar-refractivity contribution in [2.24, 2.45) is 5.73 Å². The average molecular weight is 240 g/mol. The van der Waals surface area contributed by atoms with E-state index in [-0.39, 0.29) is 23.7 Å². The van der Waals surface area contributed by atoms with Crippen molar-refractivity contribution < 1.29 is 17.9 Å². The number of benzene rings is 1. The van der Waals surface area contributed by atoms with E-state index >= 15 is 0 Å². The molecule has 2 N–H and O–H groups in total. The molecule has 0 saturated carbocycles. The van der Waals surface area contributed by atoms with E-state index in [4.69, 9.17) is 10.5 Å². The number of hydrogen-bond donors (Lipinski definition) is 1. The third kappa shape index (κ3) is 1.89. The summed E-state index contributed by atoms with van der Waals surface area (Å²) in [6.07, 6.45) is 0.398. The zero-order valence-corrected chi connectivity index (χ0v) is 8.41. The molecule has 2 rings (SSSR count). The Morgan fingerprint density at radius 1 is 1.27 bits per heavy atom. The zero-order chi connectivity index (χ0) is 10.3. The Hall–Kier alpha value is -0.940. The number of halogens is 4. The topological polar surface area (TPSA) is 35.2 Å². The molecule has 1 aromatic carbocycles. The summed E-state index contributed by atoms with van der Waals surface area (Å²) in [4.78, 5) is 0. The van der Waals surface area contributed by atoms with Crippen LogP contribution in [0.3, 0.4) is 0 Å². The van der Waals surface area contributed by atoms with Crippen LogP contribution < -0.4 is 10.5 Å². The van der Waals surface area contributed by atoms with Crippen LogP contribution in [-0.2, 0) is 0 Å². The Labute approximate surface area is 90.6 Å². The van der Waals surface area contributed by atoms with Gasteiger partial charge in [-0.05, 0) is 0 Å². The average Bonchev–Trinajstić information content (AvgIpc) is 2.14. The summed E-state index contributed by atoms with van der Waals surface area (Å²) in [5, 5.41) is 0. The maximum atomic E-state index is 13.2. The van der Waals surface area contributed by atoms with E-state index in [1.54, 1.807) is 0 Å². The van der Waals surface area contributed by atoms with Crippen LogP contribution in [0.4, 0.5) is 13.2 Å². The number of hydrogen-bond acceptors (Lipinski definition) is 2. The molecule has 1 atom stereocenters. The number of rotatable bonds is 0. The van der Waals surface area contributed by atoms with Gasteiger partial charge in [0.15, 0.2) is 17.5 Å². The van der Waals surface area contributed by atoms with Crippen molar-refractivity contribution in [2.45, 2.75) is 12.5 Å². The minimum Gasteiger partial charge on any atom is -0.493 e. The third-order valence-corrected chi connectivity index (χ3v) is 2.22. The van der Waals surface area contributed by atoms with Crippen molar-refractivity contribution in [1.82, 2.24) is 0 Å². The summed E-state index contributed by atoms with van der Waals surface area (Å²) >= 11 is 0. The normalized spacial score (nSPS) is 18.8. The lowest BCUT2D eigenvalue weighted by Crippen LogP contribution is -2.23. The molecule has 6 heteroatoms. The molecule has 84 valence electrons. The fourth-order valence-electron chi connectivity index (χ4n) is 1.49. The quantitative estimate of drug-likeness (QED) is 0.705. The molecule has 0 unspecified atom stereocenters. The number of ether oxygens (including phenoxy) is 1. The van der Waals surface area contributed by atoms with Crippen molar-refractivity contribution >= 4 is 12.4 Å². The fraction of sp³-hybridized carbons (Fsp3) is 0.333. The predicted octanol–water partition coefficient (Wildman–Crippen LogP) is 2.31. The van der Waals surface area contributed by atoms with Crippen molar-refractivity contribution in [3.05, 3.63) is 29.1 Å². The molecule has 0 amide bonds. The Morgan fingerprint density at radius 3 is 2.60 bits per heavy atom. The highest BCUT2D eigenvalue weighted by molar-refractivity contribution is 5.85. The van der Waals surface area contributed by atoms with Gasteiger partial charge in [-0.3, -0.25) is 0 Å². The molecule has 0 radical (unpaired) electrons. The standard InChI is InChI=1S/C9H8F3NO.ClH/c10-4-3-6-7(9(12)8(4)11)5(13)1-2-14-6;/h3,5H,1-2,13H2;1H/t5-;/m0./s1. The van der Waals surface area contributed by atoms with E-state index in [2.05, 4.69) is 0 Å². The van der Waals surface area contributed by atoms with E-state index in [9.17, 15) is 13.2 Å². The first-order chi connectivity index (χ1) is 6.61. The van der Waals surface area contributed by atoms with Gasteiger partial charge in [-0.2, -0.15) is 0 Å². The molecular formula is C9H9ClF3NO. The van der Waals surface area contributed by atoms with Crippen molar-refractivity contribution in [2.75, 3.05) is 6.61 Å². The van der Waals surface area contributed by atoms with Crippen LogP contribution in [0.15, 0.2) is 6.07 Å². The van der Waals surface area contributed by atoms with Gasteiger partial charge in [0.2, 0.25) is 0 Å². The van der Waals surface area contributed by atoms with Gasteiger partial charge in [0.25, 0.3) is 0 Å². The van der Waals surface area contributed by atoms with Gasteiger partial charge in [-0.25, -0.2) is 13.2 Å². The molecule has 1 aliphatic heterocycles. The van der Waals surface area contributed by atoms with E-state index in [1.165, 1.54) is 0 Å². The molecule has 0 aromatic heterocycles. The maximum absolute atomic E-state index is 13.2. The lowest BCUT2D eigenvalue weighted by Gasteiger charge is -2.23. The van der Waals surface area contributed by atoms with Crippen LogP contribution in [0, 0.1) is 17.5 Å². The Bertz CT molecular complexity index is 386. The Balaban J connectivity index is 0.00000112. The van der Waals surface area contributed by atoms with Crippen LogP contribution in [0.1, 0.15) is 18.0 Å². The molecule has 0 bridgehead atoms. The minimum absolute atomic E-state index is 0. The predicted molar refractivity (Wildman–Crippen MR) is 50.6 cm³/mol. The number of fused-ring (bicyclic) bond motifs is 1. The first kappa shape index (κ1) is 12.1. The van der Waals surface area contributed by atoms with Crippen molar-refractivity contribution in [3.63, 3.8) is 0 Å². The molecule has 1 aromatic rings. The third-order valence-electron chi connectivity index (χ3n) is 2.22. The molecular weight excluding hydrogens is 231 g/mol. The van der Waals surface area contributed by atoms with Gasteiger partial charge in [0.1, 0.15) is 5.75 Å². The highest BCUT2D eigenvalue weighted by Gasteiger charge is 2.26. The van der Waals surface area contributed by atoms with E-state index in [1.807, 2.05) is 0 Å². The first-order valence-electron chi connectivity index (χ1n) is 4.17. The molecule has 1 aliphatic rings. The molecule has 15 heavy (non-hydrogen) atoms.